The van der Waals surface area contributed by atoms with Gasteiger partial charge in [-0.05, 0) is 5.92 Å². The van der Waals surface area contributed by atoms with Gasteiger partial charge in [-0.2, -0.15) is 0 Å². The maximum Gasteiger partial charge on any atom is 0.134 e. The molecule has 2 heterocycles. The SMILES string of the molecule is CC(C)CN1CCc2nncn2CC1. The molecule has 14 heavy (non-hydrogen) atoms. The first-order valence-electron chi connectivity index (χ1n) is 5.35. The van der Waals surface area contributed by atoms with Crippen molar-refractivity contribution in [1.82, 2.24) is 19.7 Å². The highest BCUT2D eigenvalue weighted by molar-refractivity contribution is 4.89. The quantitative estimate of drug-likeness (QED) is 0.698. The summed E-state index contributed by atoms with van der Waals surface area (Å²) in [6.45, 7) is 9.02. The standard InChI is InChI=1S/C10H18N4/c1-9(2)7-13-4-3-10-12-11-8-14(10)6-5-13/h8-9H,3-7H2,1-2H3. The number of fused-ring (bicyclic) bond motifs is 1. The molecule has 1 aliphatic heterocycles. The molecule has 0 N–H and O–H groups in total. The fourth-order valence-electron chi connectivity index (χ4n) is 1.98. The Kier molecular flexibility index (Phi) is 2.82. The van der Waals surface area contributed by atoms with Crippen LogP contribution in [0.5, 0.6) is 0 Å². The van der Waals surface area contributed by atoms with Gasteiger partial charge in [0.15, 0.2) is 0 Å². The lowest BCUT2D eigenvalue weighted by atomic mass is 10.2. The van der Waals surface area contributed by atoms with Crippen LogP contribution in [0, 0.1) is 5.92 Å². The Bertz CT molecular complexity index is 270. The van der Waals surface area contributed by atoms with E-state index in [1.165, 1.54) is 6.54 Å². The van der Waals surface area contributed by atoms with Gasteiger partial charge in [0.1, 0.15) is 12.2 Å². The minimum atomic E-state index is 0.749. The monoisotopic (exact) mass is 194 g/mol. The molecule has 0 aliphatic carbocycles. The topological polar surface area (TPSA) is 34.0 Å². The number of hydrogen-bond donors (Lipinski definition) is 0. The van der Waals surface area contributed by atoms with Crippen LogP contribution in [0.2, 0.25) is 0 Å². The molecule has 78 valence electrons. The molecule has 1 aromatic rings. The molecule has 0 bridgehead atoms. The Morgan fingerprint density at radius 1 is 1.36 bits per heavy atom. The van der Waals surface area contributed by atoms with Crippen molar-refractivity contribution >= 4 is 0 Å². The van der Waals surface area contributed by atoms with Crippen LogP contribution in [-0.4, -0.2) is 39.3 Å². The van der Waals surface area contributed by atoms with E-state index in [-0.39, 0.29) is 0 Å². The predicted molar refractivity (Wildman–Crippen MR) is 55.0 cm³/mol. The van der Waals surface area contributed by atoms with Gasteiger partial charge in [-0.25, -0.2) is 0 Å². The minimum absolute atomic E-state index is 0.749. The fourth-order valence-corrected chi connectivity index (χ4v) is 1.98. The van der Waals surface area contributed by atoms with Crippen molar-refractivity contribution in [3.05, 3.63) is 12.2 Å². The second kappa shape index (κ2) is 4.09. The van der Waals surface area contributed by atoms with E-state index in [0.717, 1.165) is 37.8 Å². The molecule has 4 nitrogen and oxygen atoms in total. The van der Waals surface area contributed by atoms with Crippen molar-refractivity contribution in [1.29, 1.82) is 0 Å². The summed E-state index contributed by atoms with van der Waals surface area (Å²) in [6.07, 6.45) is 2.88. The lowest BCUT2D eigenvalue weighted by molar-refractivity contribution is 0.249. The number of hydrogen-bond acceptors (Lipinski definition) is 3. The summed E-state index contributed by atoms with van der Waals surface area (Å²) in [4.78, 5) is 2.51. The van der Waals surface area contributed by atoms with Crippen molar-refractivity contribution in [2.24, 2.45) is 5.92 Å². The van der Waals surface area contributed by atoms with Gasteiger partial charge in [-0.15, -0.1) is 10.2 Å². The highest BCUT2D eigenvalue weighted by atomic mass is 15.3. The van der Waals surface area contributed by atoms with Gasteiger partial charge >= 0.3 is 0 Å². The zero-order chi connectivity index (χ0) is 9.97. The van der Waals surface area contributed by atoms with Crippen LogP contribution < -0.4 is 0 Å². The highest BCUT2D eigenvalue weighted by Crippen LogP contribution is 2.07. The molecule has 1 aromatic heterocycles. The third-order valence-electron chi connectivity index (χ3n) is 2.63. The molecule has 0 saturated carbocycles. The van der Waals surface area contributed by atoms with Gasteiger partial charge in [0.05, 0.1) is 0 Å². The molecule has 0 radical (unpaired) electrons. The van der Waals surface area contributed by atoms with Gasteiger partial charge in [0.25, 0.3) is 0 Å². The Morgan fingerprint density at radius 3 is 3.00 bits per heavy atom. The number of aromatic nitrogens is 3. The van der Waals surface area contributed by atoms with E-state index in [2.05, 4.69) is 33.5 Å². The van der Waals surface area contributed by atoms with Gasteiger partial charge in [0, 0.05) is 32.6 Å². The van der Waals surface area contributed by atoms with Crippen LogP contribution in [0.3, 0.4) is 0 Å². The lowest BCUT2D eigenvalue weighted by Crippen LogP contribution is -2.30. The summed E-state index contributed by atoms with van der Waals surface area (Å²) < 4.78 is 2.17. The molecule has 0 aromatic carbocycles. The van der Waals surface area contributed by atoms with Gasteiger partial charge < -0.3 is 9.47 Å². The van der Waals surface area contributed by atoms with E-state index in [1.807, 2.05) is 6.33 Å². The van der Waals surface area contributed by atoms with Crippen LogP contribution in [0.25, 0.3) is 0 Å². The van der Waals surface area contributed by atoms with Crippen LogP contribution >= 0.6 is 0 Å². The molecule has 0 unspecified atom stereocenters. The minimum Gasteiger partial charge on any atom is -0.316 e. The largest absolute Gasteiger partial charge is 0.316 e. The summed E-state index contributed by atoms with van der Waals surface area (Å²) >= 11 is 0. The Hall–Kier alpha value is -0.900. The summed E-state index contributed by atoms with van der Waals surface area (Å²) in [6, 6.07) is 0. The van der Waals surface area contributed by atoms with Crippen molar-refractivity contribution in [3.63, 3.8) is 0 Å². The first-order chi connectivity index (χ1) is 6.75. The predicted octanol–water partition coefficient (Wildman–Crippen LogP) is 0.792. The second-order valence-corrected chi connectivity index (χ2v) is 4.39. The Labute approximate surface area is 84.9 Å². The van der Waals surface area contributed by atoms with Crippen molar-refractivity contribution in [2.75, 3.05) is 19.6 Å². The average Bonchev–Trinajstić information content (AvgIpc) is 2.50. The summed E-state index contributed by atoms with van der Waals surface area (Å²) in [5, 5.41) is 8.04. The Morgan fingerprint density at radius 2 is 2.21 bits per heavy atom. The molecule has 2 rings (SSSR count). The molecule has 4 heteroatoms. The van der Waals surface area contributed by atoms with Crippen molar-refractivity contribution in [3.8, 4) is 0 Å². The Balaban J connectivity index is 1.96. The highest BCUT2D eigenvalue weighted by Gasteiger charge is 2.14. The fraction of sp³-hybridized carbons (Fsp3) is 0.800. The molecule has 1 aliphatic rings. The molecule has 0 spiro atoms. The molecule has 0 atom stereocenters. The van der Waals surface area contributed by atoms with Crippen molar-refractivity contribution in [2.45, 2.75) is 26.8 Å². The average molecular weight is 194 g/mol. The maximum absolute atomic E-state index is 4.12. The van der Waals surface area contributed by atoms with E-state index in [1.54, 1.807) is 0 Å². The summed E-state index contributed by atoms with van der Waals surface area (Å²) in [5.74, 6) is 1.88. The zero-order valence-electron chi connectivity index (χ0n) is 8.98. The van der Waals surface area contributed by atoms with E-state index >= 15 is 0 Å². The molecular formula is C10H18N4. The van der Waals surface area contributed by atoms with Crippen LogP contribution in [-0.2, 0) is 13.0 Å². The van der Waals surface area contributed by atoms with Crippen LogP contribution in [0.1, 0.15) is 19.7 Å². The number of nitrogens with zero attached hydrogens (tertiary/aromatic N) is 4. The first-order valence-corrected chi connectivity index (χ1v) is 5.35. The van der Waals surface area contributed by atoms with Gasteiger partial charge in [-0.3, -0.25) is 0 Å². The van der Waals surface area contributed by atoms with E-state index < -0.39 is 0 Å². The molecule has 0 amide bonds. The van der Waals surface area contributed by atoms with E-state index in [4.69, 9.17) is 0 Å². The number of rotatable bonds is 2. The van der Waals surface area contributed by atoms with E-state index in [9.17, 15) is 0 Å². The van der Waals surface area contributed by atoms with E-state index in [0.29, 0.717) is 0 Å². The summed E-state index contributed by atoms with van der Waals surface area (Å²) in [7, 11) is 0. The van der Waals surface area contributed by atoms with Crippen molar-refractivity contribution < 1.29 is 0 Å². The van der Waals surface area contributed by atoms with Crippen LogP contribution in [0.4, 0.5) is 0 Å². The first kappa shape index (κ1) is 9.65. The van der Waals surface area contributed by atoms with Gasteiger partial charge in [0.2, 0.25) is 0 Å². The normalized spacial score (nSPS) is 18.2. The van der Waals surface area contributed by atoms with Gasteiger partial charge in [-0.1, -0.05) is 13.8 Å². The second-order valence-electron chi connectivity index (χ2n) is 4.39. The lowest BCUT2D eigenvalue weighted by Gasteiger charge is -2.21. The van der Waals surface area contributed by atoms with Crippen LogP contribution in [0.15, 0.2) is 6.33 Å². The maximum atomic E-state index is 4.12. The third kappa shape index (κ3) is 2.12. The third-order valence-corrected chi connectivity index (χ3v) is 2.63. The zero-order valence-corrected chi connectivity index (χ0v) is 8.98. The smallest absolute Gasteiger partial charge is 0.134 e. The molecule has 0 fully saturated rings. The molecular weight excluding hydrogens is 176 g/mol. The summed E-state index contributed by atoms with van der Waals surface area (Å²) in [5.41, 5.74) is 0. The molecule has 0 saturated heterocycles.